The fourth-order valence-electron chi connectivity index (χ4n) is 3.13. The van der Waals surface area contributed by atoms with Crippen molar-refractivity contribution in [3.63, 3.8) is 0 Å². The fourth-order valence-corrected chi connectivity index (χ4v) is 3.13. The van der Waals surface area contributed by atoms with Gasteiger partial charge in [0.2, 0.25) is 0 Å². The van der Waals surface area contributed by atoms with Crippen LogP contribution in [0.25, 0.3) is 11.2 Å². The van der Waals surface area contributed by atoms with E-state index >= 15 is 0 Å². The summed E-state index contributed by atoms with van der Waals surface area (Å²) in [5.41, 5.74) is 1.71. The Kier molecular flexibility index (Phi) is 3.42. The van der Waals surface area contributed by atoms with E-state index in [2.05, 4.69) is 21.5 Å². The van der Waals surface area contributed by atoms with Crippen molar-refractivity contribution >= 4 is 17.1 Å². The first kappa shape index (κ1) is 13.1. The predicted molar refractivity (Wildman–Crippen MR) is 76.0 cm³/mol. The molecule has 0 saturated heterocycles. The fraction of sp³-hybridized carbons (Fsp3) is 0.533. The minimum absolute atomic E-state index is 0.202. The summed E-state index contributed by atoms with van der Waals surface area (Å²) < 4.78 is 2.14. The zero-order valence-corrected chi connectivity index (χ0v) is 11.7. The maximum Gasteiger partial charge on any atom is 0.337 e. The lowest BCUT2D eigenvalue weighted by atomic mass is 9.88. The minimum atomic E-state index is -0.954. The van der Waals surface area contributed by atoms with Crippen LogP contribution in [-0.2, 0) is 6.54 Å². The Bertz CT molecular complexity index is 642. The van der Waals surface area contributed by atoms with E-state index in [-0.39, 0.29) is 5.56 Å². The van der Waals surface area contributed by atoms with E-state index in [0.717, 1.165) is 18.0 Å². The molecule has 0 amide bonds. The van der Waals surface area contributed by atoms with E-state index < -0.39 is 5.97 Å². The van der Waals surface area contributed by atoms with Crippen molar-refractivity contribution in [1.82, 2.24) is 14.5 Å². The lowest BCUT2D eigenvalue weighted by molar-refractivity contribution is 0.0696. The van der Waals surface area contributed by atoms with Gasteiger partial charge in [-0.25, -0.2) is 14.8 Å². The highest BCUT2D eigenvalue weighted by molar-refractivity contribution is 5.90. The molecule has 106 valence electrons. The molecule has 1 saturated carbocycles. The topological polar surface area (TPSA) is 68.0 Å². The number of nitrogens with zero attached hydrogens (tertiary/aromatic N) is 3. The second-order valence-corrected chi connectivity index (χ2v) is 5.42. The molecular weight excluding hydrogens is 254 g/mol. The molecule has 0 bridgehead atoms. The van der Waals surface area contributed by atoms with Gasteiger partial charge in [-0.2, -0.15) is 0 Å². The van der Waals surface area contributed by atoms with Crippen molar-refractivity contribution in [2.45, 2.75) is 51.5 Å². The van der Waals surface area contributed by atoms with Crippen LogP contribution in [0.15, 0.2) is 12.3 Å². The van der Waals surface area contributed by atoms with Crippen molar-refractivity contribution < 1.29 is 9.90 Å². The first-order chi connectivity index (χ1) is 9.70. The molecule has 0 unspecified atom stereocenters. The Morgan fingerprint density at radius 1 is 1.40 bits per heavy atom. The molecule has 0 atom stereocenters. The number of fused-ring (bicyclic) bond motifs is 1. The Morgan fingerprint density at radius 2 is 2.15 bits per heavy atom. The first-order valence-electron chi connectivity index (χ1n) is 7.30. The second kappa shape index (κ2) is 5.23. The van der Waals surface area contributed by atoms with Crippen LogP contribution < -0.4 is 0 Å². The zero-order valence-electron chi connectivity index (χ0n) is 11.7. The number of hydrogen-bond acceptors (Lipinski definition) is 3. The van der Waals surface area contributed by atoms with Crippen molar-refractivity contribution in [2.24, 2.45) is 0 Å². The van der Waals surface area contributed by atoms with Gasteiger partial charge in [-0.3, -0.25) is 0 Å². The van der Waals surface area contributed by atoms with Crippen LogP contribution in [0, 0.1) is 0 Å². The minimum Gasteiger partial charge on any atom is -0.478 e. The van der Waals surface area contributed by atoms with Crippen LogP contribution in [0.3, 0.4) is 0 Å². The van der Waals surface area contributed by atoms with Crippen LogP contribution in [0.5, 0.6) is 0 Å². The number of aromatic nitrogens is 3. The predicted octanol–water partition coefficient (Wildman–Crippen LogP) is 3.20. The molecule has 1 fully saturated rings. The van der Waals surface area contributed by atoms with Gasteiger partial charge in [0.05, 0.1) is 5.56 Å². The summed E-state index contributed by atoms with van der Waals surface area (Å²) in [6.07, 6.45) is 7.59. The van der Waals surface area contributed by atoms with Crippen molar-refractivity contribution in [3.8, 4) is 0 Å². The number of carbonyl (C=O) groups is 1. The molecule has 2 aromatic heterocycles. The molecule has 5 nitrogen and oxygen atoms in total. The molecule has 1 aliphatic rings. The van der Waals surface area contributed by atoms with Gasteiger partial charge in [-0.15, -0.1) is 0 Å². The summed E-state index contributed by atoms with van der Waals surface area (Å²) in [4.78, 5) is 20.0. The maximum atomic E-state index is 11.0. The Morgan fingerprint density at radius 3 is 2.80 bits per heavy atom. The van der Waals surface area contributed by atoms with Gasteiger partial charge in [0.15, 0.2) is 5.65 Å². The number of pyridine rings is 1. The second-order valence-electron chi connectivity index (χ2n) is 5.42. The molecule has 0 aromatic carbocycles. The summed E-state index contributed by atoms with van der Waals surface area (Å²) in [7, 11) is 0. The third-order valence-corrected chi connectivity index (χ3v) is 4.15. The third kappa shape index (κ3) is 2.17. The van der Waals surface area contributed by atoms with Gasteiger partial charge in [-0.05, 0) is 25.8 Å². The lowest BCUT2D eigenvalue weighted by Gasteiger charge is -2.21. The lowest BCUT2D eigenvalue weighted by Crippen LogP contribution is -2.11. The van der Waals surface area contributed by atoms with Gasteiger partial charge in [0.1, 0.15) is 11.3 Å². The van der Waals surface area contributed by atoms with Gasteiger partial charge < -0.3 is 9.67 Å². The molecule has 0 spiro atoms. The normalized spacial score (nSPS) is 16.6. The summed E-state index contributed by atoms with van der Waals surface area (Å²) in [6.45, 7) is 2.90. The zero-order chi connectivity index (χ0) is 14.1. The van der Waals surface area contributed by atoms with Crippen LogP contribution in [-0.4, -0.2) is 25.6 Å². The number of hydrogen-bond donors (Lipinski definition) is 1. The van der Waals surface area contributed by atoms with E-state index in [1.165, 1.54) is 38.3 Å². The van der Waals surface area contributed by atoms with E-state index in [4.69, 9.17) is 5.11 Å². The summed E-state index contributed by atoms with van der Waals surface area (Å²) in [6, 6.07) is 1.63. The van der Waals surface area contributed by atoms with Crippen LogP contribution in [0.2, 0.25) is 0 Å². The van der Waals surface area contributed by atoms with Crippen molar-refractivity contribution in [2.75, 3.05) is 0 Å². The van der Waals surface area contributed by atoms with Gasteiger partial charge in [0.25, 0.3) is 0 Å². The number of carboxylic acids is 1. The Labute approximate surface area is 117 Å². The monoisotopic (exact) mass is 273 g/mol. The number of aryl methyl sites for hydroxylation is 1. The third-order valence-electron chi connectivity index (χ3n) is 4.15. The number of imidazole rings is 1. The molecule has 5 heteroatoms. The Hall–Kier alpha value is -1.91. The van der Waals surface area contributed by atoms with E-state index in [1.54, 1.807) is 6.07 Å². The quantitative estimate of drug-likeness (QED) is 0.932. The maximum absolute atomic E-state index is 11.0. The summed E-state index contributed by atoms with van der Waals surface area (Å²) in [5.74, 6) is 0.619. The molecule has 2 heterocycles. The number of rotatable bonds is 3. The van der Waals surface area contributed by atoms with Crippen molar-refractivity contribution in [3.05, 3.63) is 23.7 Å². The first-order valence-corrected chi connectivity index (χ1v) is 7.30. The molecule has 20 heavy (non-hydrogen) atoms. The van der Waals surface area contributed by atoms with Crippen LogP contribution >= 0.6 is 0 Å². The highest BCUT2D eigenvalue weighted by Crippen LogP contribution is 2.33. The number of aromatic carboxylic acids is 1. The average Bonchev–Trinajstić information content (AvgIpc) is 2.85. The molecule has 2 aromatic rings. The smallest absolute Gasteiger partial charge is 0.337 e. The Balaban J connectivity index is 2.09. The van der Waals surface area contributed by atoms with E-state index in [9.17, 15) is 4.79 Å². The molecule has 3 rings (SSSR count). The highest BCUT2D eigenvalue weighted by Gasteiger charge is 2.22. The molecule has 0 radical (unpaired) electrons. The van der Waals surface area contributed by atoms with Crippen LogP contribution in [0.4, 0.5) is 0 Å². The van der Waals surface area contributed by atoms with Gasteiger partial charge >= 0.3 is 5.97 Å². The van der Waals surface area contributed by atoms with Crippen molar-refractivity contribution in [1.29, 1.82) is 0 Å². The number of carboxylic acid groups (broad SMARTS) is 1. The molecule has 1 N–H and O–H groups in total. The van der Waals surface area contributed by atoms with Crippen LogP contribution in [0.1, 0.15) is 61.1 Å². The molecule has 1 aliphatic carbocycles. The average molecular weight is 273 g/mol. The molecule has 0 aliphatic heterocycles. The summed E-state index contributed by atoms with van der Waals surface area (Å²) in [5, 5.41) is 9.05. The van der Waals surface area contributed by atoms with Gasteiger partial charge in [0, 0.05) is 18.7 Å². The SMILES string of the molecule is CCn1c(C2CCCCC2)nc2cc(C(=O)O)cnc21. The highest BCUT2D eigenvalue weighted by atomic mass is 16.4. The van der Waals surface area contributed by atoms with Gasteiger partial charge in [-0.1, -0.05) is 19.3 Å². The molecular formula is C15H19N3O2. The van der Waals surface area contributed by atoms with E-state index in [1.807, 2.05) is 0 Å². The van der Waals surface area contributed by atoms with E-state index in [0.29, 0.717) is 11.4 Å². The summed E-state index contributed by atoms with van der Waals surface area (Å²) >= 11 is 0. The standard InChI is InChI=1S/C15H19N3O2/c1-2-18-13(10-6-4-3-5-7-10)17-12-8-11(15(19)20)9-16-14(12)18/h8-10H,2-7H2,1H3,(H,19,20). The largest absolute Gasteiger partial charge is 0.478 e.